The molecule has 0 aliphatic carbocycles. The first-order chi connectivity index (χ1) is 15.5. The molecule has 0 aliphatic heterocycles. The highest BCUT2D eigenvalue weighted by Crippen LogP contribution is 2.17. The van der Waals surface area contributed by atoms with Gasteiger partial charge in [0.2, 0.25) is 5.91 Å². The fourth-order valence-corrected chi connectivity index (χ4v) is 3.21. The lowest BCUT2D eigenvalue weighted by atomic mass is 10.1. The van der Waals surface area contributed by atoms with E-state index in [4.69, 9.17) is 4.74 Å². The number of carbonyl (C=O) groups is 2. The Hall–Kier alpha value is -4.46. The van der Waals surface area contributed by atoms with Gasteiger partial charge in [-0.1, -0.05) is 48.5 Å². The Balaban J connectivity index is 1.45. The lowest BCUT2D eigenvalue weighted by molar-refractivity contribution is -0.117. The van der Waals surface area contributed by atoms with E-state index in [1.54, 1.807) is 36.4 Å². The van der Waals surface area contributed by atoms with Gasteiger partial charge in [-0.3, -0.25) is 9.59 Å². The third-order valence-corrected chi connectivity index (χ3v) is 4.75. The maximum atomic E-state index is 12.6. The average Bonchev–Trinajstić information content (AvgIpc) is 2.81. The molecule has 2 N–H and O–H groups in total. The molecule has 0 radical (unpaired) electrons. The van der Waals surface area contributed by atoms with Crippen molar-refractivity contribution in [3.8, 4) is 5.75 Å². The Bertz CT molecular complexity index is 1330. The summed E-state index contributed by atoms with van der Waals surface area (Å²) in [5, 5.41) is 16.4. The van der Waals surface area contributed by atoms with Crippen molar-refractivity contribution in [3.63, 3.8) is 0 Å². The average molecular weight is 429 g/mol. The van der Waals surface area contributed by atoms with Gasteiger partial charge < -0.3 is 15.2 Å². The van der Waals surface area contributed by atoms with Crippen molar-refractivity contribution in [2.24, 2.45) is 0 Å². The Morgan fingerprint density at radius 1 is 0.906 bits per heavy atom. The first-order valence-electron chi connectivity index (χ1n) is 9.81. The van der Waals surface area contributed by atoms with E-state index in [-0.39, 0.29) is 16.5 Å². The standard InChI is InChI=1S/C24H19N3O5/c28-21(14-27-23(29)20-9-5-4-8-19(20)22(26-27)24(30)31)25-17-10-12-18(13-11-17)32-15-16-6-2-1-3-7-16/h1-13H,14-15H2,(H,25,28)(H,30,31). The normalized spacial score (nSPS) is 10.6. The molecule has 0 saturated carbocycles. The summed E-state index contributed by atoms with van der Waals surface area (Å²) in [6, 6.07) is 22.8. The zero-order valence-corrected chi connectivity index (χ0v) is 16.9. The Kier molecular flexibility index (Phi) is 5.94. The molecule has 160 valence electrons. The van der Waals surface area contributed by atoms with Crippen molar-refractivity contribution < 1.29 is 19.4 Å². The van der Waals surface area contributed by atoms with Crippen LogP contribution in [0.3, 0.4) is 0 Å². The predicted octanol–water partition coefficient (Wildman–Crippen LogP) is 3.31. The molecular formula is C24H19N3O5. The van der Waals surface area contributed by atoms with Crippen LogP contribution in [-0.2, 0) is 17.9 Å². The van der Waals surface area contributed by atoms with E-state index in [9.17, 15) is 19.5 Å². The summed E-state index contributed by atoms with van der Waals surface area (Å²) >= 11 is 0. The summed E-state index contributed by atoms with van der Waals surface area (Å²) in [7, 11) is 0. The molecule has 0 spiro atoms. The van der Waals surface area contributed by atoms with Crippen LogP contribution < -0.4 is 15.6 Å². The van der Waals surface area contributed by atoms with Crippen molar-refractivity contribution >= 4 is 28.3 Å². The van der Waals surface area contributed by atoms with Gasteiger partial charge in [0.1, 0.15) is 18.9 Å². The summed E-state index contributed by atoms with van der Waals surface area (Å²) < 4.78 is 6.58. The highest BCUT2D eigenvalue weighted by Gasteiger charge is 2.17. The lowest BCUT2D eigenvalue weighted by Crippen LogP contribution is -2.31. The van der Waals surface area contributed by atoms with Gasteiger partial charge in [0.15, 0.2) is 5.69 Å². The monoisotopic (exact) mass is 429 g/mol. The number of rotatable bonds is 7. The lowest BCUT2D eigenvalue weighted by Gasteiger charge is -2.10. The molecule has 3 aromatic carbocycles. The van der Waals surface area contributed by atoms with Crippen LogP contribution in [0.15, 0.2) is 83.7 Å². The molecule has 0 bridgehead atoms. The second kappa shape index (κ2) is 9.13. The molecule has 0 fully saturated rings. The number of anilines is 1. The largest absolute Gasteiger partial charge is 0.489 e. The zero-order chi connectivity index (χ0) is 22.5. The fraction of sp³-hybridized carbons (Fsp3) is 0.0833. The molecule has 0 aliphatic rings. The van der Waals surface area contributed by atoms with Crippen molar-refractivity contribution in [2.75, 3.05) is 5.32 Å². The molecule has 1 aromatic heterocycles. The van der Waals surface area contributed by atoms with Gasteiger partial charge in [-0.15, -0.1) is 0 Å². The zero-order valence-electron chi connectivity index (χ0n) is 16.9. The molecule has 4 aromatic rings. The number of carbonyl (C=O) groups excluding carboxylic acids is 1. The Morgan fingerprint density at radius 3 is 2.25 bits per heavy atom. The number of carboxylic acids is 1. The number of ether oxygens (including phenoxy) is 1. The number of aromatic nitrogens is 2. The predicted molar refractivity (Wildman–Crippen MR) is 119 cm³/mol. The number of carboxylic acid groups (broad SMARTS) is 1. The van der Waals surface area contributed by atoms with Crippen LogP contribution in [0, 0.1) is 0 Å². The number of nitrogens with zero attached hydrogens (tertiary/aromatic N) is 2. The fourth-order valence-electron chi connectivity index (χ4n) is 3.21. The first-order valence-corrected chi connectivity index (χ1v) is 9.81. The van der Waals surface area contributed by atoms with E-state index in [0.717, 1.165) is 10.2 Å². The number of amides is 1. The molecule has 0 unspecified atom stereocenters. The quantitative estimate of drug-likeness (QED) is 0.466. The van der Waals surface area contributed by atoms with Gasteiger partial charge in [-0.2, -0.15) is 5.10 Å². The molecular weight excluding hydrogens is 410 g/mol. The van der Waals surface area contributed by atoms with Crippen molar-refractivity contribution in [2.45, 2.75) is 13.2 Å². The number of hydrogen-bond acceptors (Lipinski definition) is 5. The minimum atomic E-state index is -1.28. The van der Waals surface area contributed by atoms with Gasteiger partial charge in [0, 0.05) is 11.1 Å². The van der Waals surface area contributed by atoms with E-state index in [1.165, 1.54) is 12.1 Å². The van der Waals surface area contributed by atoms with E-state index in [1.807, 2.05) is 30.3 Å². The van der Waals surface area contributed by atoms with Gasteiger partial charge in [-0.05, 0) is 35.9 Å². The Labute approximate surface area is 182 Å². The maximum absolute atomic E-state index is 12.6. The first kappa shape index (κ1) is 20.8. The Morgan fingerprint density at radius 2 is 1.56 bits per heavy atom. The van der Waals surface area contributed by atoms with E-state index in [2.05, 4.69) is 10.4 Å². The highest BCUT2D eigenvalue weighted by atomic mass is 16.5. The molecule has 0 atom stereocenters. The van der Waals surface area contributed by atoms with E-state index < -0.39 is 24.0 Å². The maximum Gasteiger partial charge on any atom is 0.357 e. The van der Waals surface area contributed by atoms with Gasteiger partial charge in [-0.25, -0.2) is 9.48 Å². The van der Waals surface area contributed by atoms with Crippen molar-refractivity contribution in [3.05, 3.63) is 100 Å². The topological polar surface area (TPSA) is 111 Å². The summed E-state index contributed by atoms with van der Waals surface area (Å²) in [6.45, 7) is 0.00517. The van der Waals surface area contributed by atoms with Crippen LogP contribution in [0.2, 0.25) is 0 Å². The SMILES string of the molecule is O=C(Cn1nc(C(=O)O)c2ccccc2c1=O)Nc1ccc(OCc2ccccc2)cc1. The van der Waals surface area contributed by atoms with Crippen molar-refractivity contribution in [1.29, 1.82) is 0 Å². The molecule has 0 saturated heterocycles. The summed E-state index contributed by atoms with van der Waals surface area (Å²) in [4.78, 5) is 36.6. The smallest absolute Gasteiger partial charge is 0.357 e. The molecule has 1 amide bonds. The third kappa shape index (κ3) is 4.65. The van der Waals surface area contributed by atoms with Crippen molar-refractivity contribution in [1.82, 2.24) is 9.78 Å². The van der Waals surface area contributed by atoms with E-state index >= 15 is 0 Å². The minimum Gasteiger partial charge on any atom is -0.489 e. The molecule has 32 heavy (non-hydrogen) atoms. The van der Waals surface area contributed by atoms with Crippen LogP contribution in [0.25, 0.3) is 10.8 Å². The second-order valence-corrected chi connectivity index (χ2v) is 7.01. The number of fused-ring (bicyclic) bond motifs is 1. The van der Waals surface area contributed by atoms with Gasteiger partial charge >= 0.3 is 5.97 Å². The molecule has 8 heteroatoms. The van der Waals surface area contributed by atoms with E-state index in [0.29, 0.717) is 18.0 Å². The third-order valence-electron chi connectivity index (χ3n) is 4.75. The van der Waals surface area contributed by atoms with Gasteiger partial charge in [0.05, 0.1) is 5.39 Å². The van der Waals surface area contributed by atoms with Gasteiger partial charge in [0.25, 0.3) is 5.56 Å². The minimum absolute atomic E-state index is 0.188. The number of aromatic carboxylic acids is 1. The van der Waals surface area contributed by atoms with Crippen LogP contribution in [0.5, 0.6) is 5.75 Å². The van der Waals surface area contributed by atoms with Crippen LogP contribution in [0.4, 0.5) is 5.69 Å². The number of benzene rings is 3. The number of nitrogens with one attached hydrogen (secondary N) is 1. The molecule has 1 heterocycles. The summed E-state index contributed by atoms with van der Waals surface area (Å²) in [5.74, 6) is -1.14. The number of hydrogen-bond donors (Lipinski definition) is 2. The highest BCUT2D eigenvalue weighted by molar-refractivity contribution is 6.01. The molecule has 8 nitrogen and oxygen atoms in total. The van der Waals surface area contributed by atoms with Crippen LogP contribution in [-0.4, -0.2) is 26.8 Å². The van der Waals surface area contributed by atoms with Crippen LogP contribution in [0.1, 0.15) is 16.1 Å². The summed E-state index contributed by atoms with van der Waals surface area (Å²) in [6.07, 6.45) is 0. The second-order valence-electron chi connectivity index (χ2n) is 7.01. The summed E-state index contributed by atoms with van der Waals surface area (Å²) in [5.41, 5.74) is 0.728. The molecule has 4 rings (SSSR count). The van der Waals surface area contributed by atoms with Crippen LogP contribution >= 0.6 is 0 Å².